The van der Waals surface area contributed by atoms with E-state index in [0.717, 1.165) is 19.7 Å². The second kappa shape index (κ2) is 7.25. The van der Waals surface area contributed by atoms with Crippen LogP contribution in [0.5, 0.6) is 0 Å². The van der Waals surface area contributed by atoms with Crippen molar-refractivity contribution in [2.24, 2.45) is 5.41 Å². The Hall–Kier alpha value is -0.120. The van der Waals surface area contributed by atoms with Gasteiger partial charge in [0.05, 0.1) is 6.61 Å². The molecule has 0 aliphatic rings. The highest BCUT2D eigenvalue weighted by atomic mass is 16.5. The number of hydrogen-bond donors (Lipinski definition) is 1. The number of likely N-dealkylation sites (N-methyl/N-ethyl adjacent to an activating group) is 1. The van der Waals surface area contributed by atoms with Gasteiger partial charge in [0.25, 0.3) is 0 Å². The third-order valence-electron chi connectivity index (χ3n) is 3.50. The number of rotatable bonds is 8. The predicted octanol–water partition coefficient (Wildman–Crippen LogP) is 1.98. The molecule has 0 aromatic carbocycles. The molecule has 0 heterocycles. The third kappa shape index (κ3) is 5.28. The molecule has 0 aromatic heterocycles. The standard InChI is InChI=1S/C13H30N2O/c1-8-14-12(3)13(4,5)10-15(6)11(2)9-16-7/h11-12,14H,8-10H2,1-7H3. The van der Waals surface area contributed by atoms with E-state index in [1.165, 1.54) is 0 Å². The van der Waals surface area contributed by atoms with Gasteiger partial charge >= 0.3 is 0 Å². The first-order valence-electron chi connectivity index (χ1n) is 6.27. The molecule has 0 radical (unpaired) electrons. The molecule has 2 atom stereocenters. The van der Waals surface area contributed by atoms with Gasteiger partial charge < -0.3 is 15.0 Å². The first-order valence-corrected chi connectivity index (χ1v) is 6.27. The molecule has 0 rings (SSSR count). The summed E-state index contributed by atoms with van der Waals surface area (Å²) < 4.78 is 5.19. The lowest BCUT2D eigenvalue weighted by molar-refractivity contribution is 0.0798. The zero-order valence-corrected chi connectivity index (χ0v) is 12.1. The Labute approximate surface area is 102 Å². The molecule has 0 bridgehead atoms. The zero-order chi connectivity index (χ0) is 12.8. The van der Waals surface area contributed by atoms with E-state index in [4.69, 9.17) is 4.74 Å². The molecule has 0 aliphatic carbocycles. The molecular formula is C13H30N2O. The summed E-state index contributed by atoms with van der Waals surface area (Å²) in [7, 11) is 3.93. The minimum Gasteiger partial charge on any atom is -0.383 e. The van der Waals surface area contributed by atoms with Crippen LogP contribution in [-0.4, -0.2) is 50.8 Å². The molecule has 1 N–H and O–H groups in total. The summed E-state index contributed by atoms with van der Waals surface area (Å²) in [5.74, 6) is 0. The van der Waals surface area contributed by atoms with Crippen molar-refractivity contribution in [3.8, 4) is 0 Å². The van der Waals surface area contributed by atoms with Gasteiger partial charge in [0.2, 0.25) is 0 Å². The lowest BCUT2D eigenvalue weighted by Gasteiger charge is -2.38. The SMILES string of the molecule is CCNC(C)C(C)(C)CN(C)C(C)COC. The average molecular weight is 230 g/mol. The van der Waals surface area contributed by atoms with Crippen molar-refractivity contribution in [2.75, 3.05) is 33.9 Å². The number of nitrogens with zero attached hydrogens (tertiary/aromatic N) is 1. The second-order valence-electron chi connectivity index (χ2n) is 5.49. The van der Waals surface area contributed by atoms with Crippen LogP contribution in [0.4, 0.5) is 0 Å². The third-order valence-corrected chi connectivity index (χ3v) is 3.50. The van der Waals surface area contributed by atoms with Crippen LogP contribution >= 0.6 is 0 Å². The van der Waals surface area contributed by atoms with Gasteiger partial charge in [-0.2, -0.15) is 0 Å². The molecule has 98 valence electrons. The highest BCUT2D eigenvalue weighted by Crippen LogP contribution is 2.22. The summed E-state index contributed by atoms with van der Waals surface area (Å²) in [6, 6.07) is 0.993. The van der Waals surface area contributed by atoms with E-state index in [9.17, 15) is 0 Å². The topological polar surface area (TPSA) is 24.5 Å². The molecule has 0 aliphatic heterocycles. The van der Waals surface area contributed by atoms with Crippen molar-refractivity contribution in [3.63, 3.8) is 0 Å². The predicted molar refractivity (Wildman–Crippen MR) is 70.9 cm³/mol. The Balaban J connectivity index is 4.22. The Kier molecular flexibility index (Phi) is 7.20. The van der Waals surface area contributed by atoms with Crippen LogP contribution in [0.25, 0.3) is 0 Å². The van der Waals surface area contributed by atoms with Crippen molar-refractivity contribution in [3.05, 3.63) is 0 Å². The first kappa shape index (κ1) is 15.9. The molecule has 0 amide bonds. The number of nitrogens with one attached hydrogen (secondary N) is 1. The largest absolute Gasteiger partial charge is 0.383 e. The first-order chi connectivity index (χ1) is 7.35. The molecule has 16 heavy (non-hydrogen) atoms. The summed E-state index contributed by atoms with van der Waals surface area (Å²) in [6.07, 6.45) is 0. The monoisotopic (exact) mass is 230 g/mol. The molecule has 3 nitrogen and oxygen atoms in total. The minimum atomic E-state index is 0.271. The maximum atomic E-state index is 5.19. The Morgan fingerprint density at radius 3 is 2.31 bits per heavy atom. The van der Waals surface area contributed by atoms with Crippen molar-refractivity contribution >= 4 is 0 Å². The molecule has 0 saturated carbocycles. The van der Waals surface area contributed by atoms with Crippen molar-refractivity contribution in [1.29, 1.82) is 0 Å². The zero-order valence-electron chi connectivity index (χ0n) is 12.1. The molecule has 0 saturated heterocycles. The van der Waals surface area contributed by atoms with Crippen LogP contribution in [0.3, 0.4) is 0 Å². The lowest BCUT2D eigenvalue weighted by atomic mass is 9.84. The lowest BCUT2D eigenvalue weighted by Crippen LogP contribution is -2.48. The van der Waals surface area contributed by atoms with E-state index in [2.05, 4.69) is 51.9 Å². The van der Waals surface area contributed by atoms with Gasteiger partial charge in [-0.15, -0.1) is 0 Å². The molecule has 3 heteroatoms. The smallest absolute Gasteiger partial charge is 0.0615 e. The summed E-state index contributed by atoms with van der Waals surface area (Å²) in [5, 5.41) is 3.50. The minimum absolute atomic E-state index is 0.271. The maximum Gasteiger partial charge on any atom is 0.0615 e. The molecule has 0 spiro atoms. The van der Waals surface area contributed by atoms with Gasteiger partial charge in [0, 0.05) is 25.7 Å². The number of methoxy groups -OCH3 is 1. The Bertz CT molecular complexity index is 183. The molecule has 2 unspecified atom stereocenters. The van der Waals surface area contributed by atoms with Crippen LogP contribution in [0.2, 0.25) is 0 Å². The Morgan fingerprint density at radius 1 is 1.31 bits per heavy atom. The van der Waals surface area contributed by atoms with E-state index in [1.807, 2.05) is 0 Å². The maximum absolute atomic E-state index is 5.19. The quantitative estimate of drug-likeness (QED) is 0.690. The summed E-state index contributed by atoms with van der Waals surface area (Å²) in [4.78, 5) is 2.37. The summed E-state index contributed by atoms with van der Waals surface area (Å²) in [5.41, 5.74) is 0.271. The van der Waals surface area contributed by atoms with Gasteiger partial charge in [-0.3, -0.25) is 0 Å². The van der Waals surface area contributed by atoms with Crippen LogP contribution in [-0.2, 0) is 4.74 Å². The van der Waals surface area contributed by atoms with Gasteiger partial charge in [0.1, 0.15) is 0 Å². The van der Waals surface area contributed by atoms with E-state index < -0.39 is 0 Å². The van der Waals surface area contributed by atoms with Gasteiger partial charge in [-0.25, -0.2) is 0 Å². The fourth-order valence-electron chi connectivity index (χ4n) is 1.89. The van der Waals surface area contributed by atoms with E-state index in [1.54, 1.807) is 7.11 Å². The summed E-state index contributed by atoms with van der Waals surface area (Å²) in [6.45, 7) is 14.2. The van der Waals surface area contributed by atoms with Crippen LogP contribution in [0, 0.1) is 5.41 Å². The van der Waals surface area contributed by atoms with E-state index >= 15 is 0 Å². The van der Waals surface area contributed by atoms with E-state index in [-0.39, 0.29) is 5.41 Å². The van der Waals surface area contributed by atoms with Crippen molar-refractivity contribution in [2.45, 2.75) is 46.7 Å². The Morgan fingerprint density at radius 2 is 1.88 bits per heavy atom. The fraction of sp³-hybridized carbons (Fsp3) is 1.00. The number of hydrogen-bond acceptors (Lipinski definition) is 3. The fourth-order valence-corrected chi connectivity index (χ4v) is 1.89. The van der Waals surface area contributed by atoms with Gasteiger partial charge in [-0.1, -0.05) is 20.8 Å². The summed E-state index contributed by atoms with van der Waals surface area (Å²) >= 11 is 0. The van der Waals surface area contributed by atoms with Crippen LogP contribution in [0.15, 0.2) is 0 Å². The highest BCUT2D eigenvalue weighted by molar-refractivity contribution is 4.84. The normalized spacial score (nSPS) is 16.5. The van der Waals surface area contributed by atoms with Crippen LogP contribution in [0.1, 0.15) is 34.6 Å². The average Bonchev–Trinajstić information content (AvgIpc) is 2.17. The van der Waals surface area contributed by atoms with E-state index in [0.29, 0.717) is 12.1 Å². The second-order valence-corrected chi connectivity index (χ2v) is 5.49. The molecule has 0 fully saturated rings. The highest BCUT2D eigenvalue weighted by Gasteiger charge is 2.27. The van der Waals surface area contributed by atoms with Crippen LogP contribution < -0.4 is 5.32 Å². The van der Waals surface area contributed by atoms with Gasteiger partial charge in [-0.05, 0) is 32.9 Å². The van der Waals surface area contributed by atoms with Crippen molar-refractivity contribution < 1.29 is 4.74 Å². The molecular weight excluding hydrogens is 200 g/mol. The van der Waals surface area contributed by atoms with Crippen molar-refractivity contribution in [1.82, 2.24) is 10.2 Å². The number of ether oxygens (including phenoxy) is 1. The molecule has 0 aromatic rings. The van der Waals surface area contributed by atoms with Gasteiger partial charge in [0.15, 0.2) is 0 Å².